The summed E-state index contributed by atoms with van der Waals surface area (Å²) in [6.45, 7) is 3.75. The highest BCUT2D eigenvalue weighted by Crippen LogP contribution is 2.29. The second-order valence-electron chi connectivity index (χ2n) is 5.33. The number of carbonyl (C=O) groups excluding carboxylic acids is 1. The van der Waals surface area contributed by atoms with Gasteiger partial charge in [0.1, 0.15) is 5.69 Å². The van der Waals surface area contributed by atoms with Crippen molar-refractivity contribution in [2.75, 3.05) is 6.54 Å². The number of para-hydroxylation sites is 1. The molecule has 0 aliphatic rings. The van der Waals surface area contributed by atoms with Gasteiger partial charge in [0.2, 0.25) is 0 Å². The minimum Gasteiger partial charge on any atom is -0.481 e. The number of fused-ring (bicyclic) bond motifs is 1. The van der Waals surface area contributed by atoms with E-state index in [9.17, 15) is 14.7 Å². The average molecular weight is 367 g/mol. The summed E-state index contributed by atoms with van der Waals surface area (Å²) in [5.74, 6) is -1.19. The predicted molar refractivity (Wildman–Crippen MR) is 89.0 cm³/mol. The van der Waals surface area contributed by atoms with Gasteiger partial charge in [0.25, 0.3) is 5.91 Å². The van der Waals surface area contributed by atoms with Crippen LogP contribution in [0, 0.1) is 5.41 Å². The molecule has 3 N–H and O–H groups in total. The SMILES string of the molecule is CCC(CC)(CNC(=O)c1[nH]c2ccccc2c1Br)C(=O)O. The van der Waals surface area contributed by atoms with Gasteiger partial charge in [-0.15, -0.1) is 0 Å². The summed E-state index contributed by atoms with van der Waals surface area (Å²) in [7, 11) is 0. The van der Waals surface area contributed by atoms with Crippen molar-refractivity contribution in [1.82, 2.24) is 10.3 Å². The molecule has 0 fully saturated rings. The predicted octanol–water partition coefficient (Wildman–Crippen LogP) is 3.55. The van der Waals surface area contributed by atoms with E-state index < -0.39 is 11.4 Å². The molecule has 0 unspecified atom stereocenters. The van der Waals surface area contributed by atoms with Gasteiger partial charge in [-0.1, -0.05) is 32.0 Å². The Balaban J connectivity index is 2.21. The maximum atomic E-state index is 12.4. The number of hydrogen-bond donors (Lipinski definition) is 3. The van der Waals surface area contributed by atoms with E-state index in [-0.39, 0.29) is 12.5 Å². The standard InChI is InChI=1S/C16H19BrN2O3/c1-3-16(4-2,15(21)22)9-18-14(20)13-12(17)10-7-5-6-8-11(10)19-13/h5-8,19H,3-4,9H2,1-2H3,(H,18,20)(H,21,22). The molecule has 0 saturated heterocycles. The molecule has 118 valence electrons. The van der Waals surface area contributed by atoms with Gasteiger partial charge < -0.3 is 15.4 Å². The summed E-state index contributed by atoms with van der Waals surface area (Å²) in [5, 5.41) is 13.1. The fourth-order valence-electron chi connectivity index (χ4n) is 2.48. The Bertz CT molecular complexity index is 704. The Kier molecular flexibility index (Phi) is 4.90. The van der Waals surface area contributed by atoms with Crippen molar-refractivity contribution in [1.29, 1.82) is 0 Å². The minimum absolute atomic E-state index is 0.107. The van der Waals surface area contributed by atoms with Crippen molar-refractivity contribution >= 4 is 38.7 Å². The Morgan fingerprint density at radius 3 is 2.45 bits per heavy atom. The molecule has 6 heteroatoms. The van der Waals surface area contributed by atoms with Crippen LogP contribution in [-0.4, -0.2) is 28.5 Å². The third-order valence-corrected chi connectivity index (χ3v) is 5.09. The van der Waals surface area contributed by atoms with Gasteiger partial charge in [-0.3, -0.25) is 9.59 Å². The van der Waals surface area contributed by atoms with Crippen LogP contribution in [-0.2, 0) is 4.79 Å². The van der Waals surface area contributed by atoms with Gasteiger partial charge in [-0.2, -0.15) is 0 Å². The van der Waals surface area contributed by atoms with Gasteiger partial charge in [0.05, 0.1) is 9.89 Å². The van der Waals surface area contributed by atoms with Crippen LogP contribution < -0.4 is 5.32 Å². The maximum absolute atomic E-state index is 12.4. The average Bonchev–Trinajstić information content (AvgIpc) is 2.86. The van der Waals surface area contributed by atoms with E-state index in [2.05, 4.69) is 26.2 Å². The molecule has 0 bridgehead atoms. The van der Waals surface area contributed by atoms with Gasteiger partial charge in [0.15, 0.2) is 0 Å². The lowest BCUT2D eigenvalue weighted by atomic mass is 9.82. The first-order valence-electron chi connectivity index (χ1n) is 7.23. The summed E-state index contributed by atoms with van der Waals surface area (Å²) < 4.78 is 0.689. The van der Waals surface area contributed by atoms with E-state index in [0.29, 0.717) is 23.0 Å². The normalized spacial score (nSPS) is 11.6. The number of benzene rings is 1. The van der Waals surface area contributed by atoms with Crippen LogP contribution in [0.3, 0.4) is 0 Å². The van der Waals surface area contributed by atoms with Crippen LogP contribution in [0.5, 0.6) is 0 Å². The van der Waals surface area contributed by atoms with Crippen molar-refractivity contribution in [3.8, 4) is 0 Å². The number of aliphatic carboxylic acids is 1. The van der Waals surface area contributed by atoms with Crippen LogP contribution in [0.1, 0.15) is 37.2 Å². The summed E-state index contributed by atoms with van der Waals surface area (Å²) in [6.07, 6.45) is 0.931. The number of aromatic amines is 1. The zero-order valence-corrected chi connectivity index (χ0v) is 14.2. The van der Waals surface area contributed by atoms with Crippen molar-refractivity contribution in [2.24, 2.45) is 5.41 Å². The van der Waals surface area contributed by atoms with E-state index in [1.165, 1.54) is 0 Å². The van der Waals surface area contributed by atoms with Crippen LogP contribution in [0.15, 0.2) is 28.7 Å². The van der Waals surface area contributed by atoms with E-state index in [0.717, 1.165) is 10.9 Å². The van der Waals surface area contributed by atoms with Crippen LogP contribution in [0.4, 0.5) is 0 Å². The molecule has 0 saturated carbocycles. The van der Waals surface area contributed by atoms with Crippen molar-refractivity contribution in [3.63, 3.8) is 0 Å². The van der Waals surface area contributed by atoms with E-state index >= 15 is 0 Å². The molecule has 0 spiro atoms. The Hall–Kier alpha value is -1.82. The number of rotatable bonds is 6. The molecule has 1 amide bonds. The number of aromatic nitrogens is 1. The lowest BCUT2D eigenvalue weighted by Gasteiger charge is -2.26. The maximum Gasteiger partial charge on any atom is 0.311 e. The van der Waals surface area contributed by atoms with Crippen molar-refractivity contribution in [3.05, 3.63) is 34.4 Å². The number of carbonyl (C=O) groups is 2. The van der Waals surface area contributed by atoms with Crippen LogP contribution in [0.2, 0.25) is 0 Å². The summed E-state index contributed by atoms with van der Waals surface area (Å²) >= 11 is 3.43. The molecule has 1 aromatic carbocycles. The number of H-pyrrole nitrogens is 1. The molecule has 0 radical (unpaired) electrons. The molecule has 0 aliphatic carbocycles. The number of hydrogen-bond acceptors (Lipinski definition) is 2. The third-order valence-electron chi connectivity index (χ3n) is 4.26. The molecule has 5 nitrogen and oxygen atoms in total. The monoisotopic (exact) mass is 366 g/mol. The third kappa shape index (κ3) is 2.88. The lowest BCUT2D eigenvalue weighted by Crippen LogP contribution is -2.42. The number of carboxylic acid groups (broad SMARTS) is 1. The fourth-order valence-corrected chi connectivity index (χ4v) is 3.11. The second-order valence-corrected chi connectivity index (χ2v) is 6.13. The number of nitrogens with one attached hydrogen (secondary N) is 2. The first-order valence-corrected chi connectivity index (χ1v) is 8.02. The first kappa shape index (κ1) is 16.5. The molecule has 1 heterocycles. The Morgan fingerprint density at radius 1 is 1.27 bits per heavy atom. The molecular weight excluding hydrogens is 348 g/mol. The number of amides is 1. The van der Waals surface area contributed by atoms with Crippen molar-refractivity contribution < 1.29 is 14.7 Å². The largest absolute Gasteiger partial charge is 0.481 e. The van der Waals surface area contributed by atoms with E-state index in [1.54, 1.807) is 0 Å². The first-order chi connectivity index (χ1) is 10.4. The molecular formula is C16H19BrN2O3. The van der Waals surface area contributed by atoms with Gasteiger partial charge >= 0.3 is 5.97 Å². The summed E-state index contributed by atoms with van der Waals surface area (Å²) in [6, 6.07) is 7.58. The number of halogens is 1. The quantitative estimate of drug-likeness (QED) is 0.730. The zero-order chi connectivity index (χ0) is 16.3. The van der Waals surface area contributed by atoms with Gasteiger partial charge in [0, 0.05) is 17.4 Å². The highest BCUT2D eigenvalue weighted by Gasteiger charge is 2.35. The topological polar surface area (TPSA) is 82.2 Å². The van der Waals surface area contributed by atoms with Crippen LogP contribution >= 0.6 is 15.9 Å². The molecule has 2 rings (SSSR count). The molecule has 0 aliphatic heterocycles. The Morgan fingerprint density at radius 2 is 1.91 bits per heavy atom. The lowest BCUT2D eigenvalue weighted by molar-refractivity contribution is -0.149. The van der Waals surface area contributed by atoms with Crippen molar-refractivity contribution in [2.45, 2.75) is 26.7 Å². The van der Waals surface area contributed by atoms with Gasteiger partial charge in [-0.25, -0.2) is 0 Å². The highest BCUT2D eigenvalue weighted by atomic mass is 79.9. The van der Waals surface area contributed by atoms with Gasteiger partial charge in [-0.05, 0) is 34.8 Å². The number of carboxylic acids is 1. The Labute approximate surface area is 137 Å². The molecule has 0 atom stereocenters. The fraction of sp³-hybridized carbons (Fsp3) is 0.375. The molecule has 2 aromatic rings. The van der Waals surface area contributed by atoms with E-state index in [4.69, 9.17) is 0 Å². The highest BCUT2D eigenvalue weighted by molar-refractivity contribution is 9.10. The summed E-state index contributed by atoms with van der Waals surface area (Å²) in [4.78, 5) is 26.9. The molecule has 22 heavy (non-hydrogen) atoms. The smallest absolute Gasteiger partial charge is 0.311 e. The van der Waals surface area contributed by atoms with E-state index in [1.807, 2.05) is 38.1 Å². The van der Waals surface area contributed by atoms with Crippen LogP contribution in [0.25, 0.3) is 10.9 Å². The summed E-state index contributed by atoms with van der Waals surface area (Å²) in [5.41, 5.74) is 0.344. The minimum atomic E-state index is -0.922. The second kappa shape index (κ2) is 6.52. The zero-order valence-electron chi connectivity index (χ0n) is 12.6. The molecule has 1 aromatic heterocycles.